The van der Waals surface area contributed by atoms with Gasteiger partial charge in [0.2, 0.25) is 0 Å². The van der Waals surface area contributed by atoms with Crippen molar-refractivity contribution in [1.82, 2.24) is 20.4 Å². The van der Waals surface area contributed by atoms with Crippen LogP contribution in [0.3, 0.4) is 0 Å². The molecule has 0 bridgehead atoms. The first kappa shape index (κ1) is 16.3. The molecule has 3 aromatic rings. The summed E-state index contributed by atoms with van der Waals surface area (Å²) < 4.78 is 5.31. The summed E-state index contributed by atoms with van der Waals surface area (Å²) in [5.41, 5.74) is 1.29. The van der Waals surface area contributed by atoms with Crippen molar-refractivity contribution in [1.29, 1.82) is 0 Å². The van der Waals surface area contributed by atoms with Crippen LogP contribution in [-0.2, 0) is 0 Å². The number of benzene rings is 1. The maximum Gasteiger partial charge on any atom is 0.257 e. The molecular formula is C19H19N5O2. The first-order valence-electron chi connectivity index (χ1n) is 8.63. The highest BCUT2D eigenvalue weighted by Crippen LogP contribution is 2.24. The van der Waals surface area contributed by atoms with Crippen molar-refractivity contribution in [3.8, 4) is 11.3 Å². The first-order chi connectivity index (χ1) is 12.8. The van der Waals surface area contributed by atoms with E-state index < -0.39 is 0 Å². The zero-order chi connectivity index (χ0) is 17.8. The van der Waals surface area contributed by atoms with Gasteiger partial charge in [0.05, 0.1) is 12.4 Å². The second-order valence-corrected chi connectivity index (χ2v) is 6.26. The van der Waals surface area contributed by atoms with E-state index in [1.807, 2.05) is 30.3 Å². The molecule has 1 aliphatic heterocycles. The Morgan fingerprint density at radius 2 is 2.08 bits per heavy atom. The van der Waals surface area contributed by atoms with Gasteiger partial charge >= 0.3 is 0 Å². The number of carbonyl (C=O) groups is 1. The highest BCUT2D eigenvalue weighted by atomic mass is 16.5. The molecule has 7 heteroatoms. The van der Waals surface area contributed by atoms with Gasteiger partial charge in [-0.2, -0.15) is 0 Å². The molecule has 1 atom stereocenters. The fourth-order valence-electron chi connectivity index (χ4n) is 3.22. The van der Waals surface area contributed by atoms with E-state index >= 15 is 0 Å². The minimum atomic E-state index is -0.170. The van der Waals surface area contributed by atoms with Crippen molar-refractivity contribution in [3.63, 3.8) is 0 Å². The summed E-state index contributed by atoms with van der Waals surface area (Å²) in [5.74, 6) is 1.15. The number of hydrogen-bond acceptors (Lipinski definition) is 6. The molecule has 0 saturated carbocycles. The number of piperidine rings is 1. The topological polar surface area (TPSA) is 84.2 Å². The number of aromatic nitrogens is 3. The van der Waals surface area contributed by atoms with E-state index in [2.05, 4.69) is 25.3 Å². The third-order valence-corrected chi connectivity index (χ3v) is 4.48. The number of nitrogens with zero attached hydrogens (tertiary/aromatic N) is 4. The van der Waals surface area contributed by atoms with Crippen molar-refractivity contribution >= 4 is 11.7 Å². The van der Waals surface area contributed by atoms with Gasteiger partial charge in [0, 0.05) is 37.1 Å². The Balaban J connectivity index is 1.46. The lowest BCUT2D eigenvalue weighted by atomic mass is 10.0. The van der Waals surface area contributed by atoms with Gasteiger partial charge in [-0.3, -0.25) is 9.78 Å². The Morgan fingerprint density at radius 1 is 1.19 bits per heavy atom. The molecule has 0 aliphatic carbocycles. The number of anilines is 1. The molecule has 3 heterocycles. The second kappa shape index (κ2) is 7.35. The van der Waals surface area contributed by atoms with Crippen LogP contribution in [0.5, 0.6) is 0 Å². The smallest absolute Gasteiger partial charge is 0.257 e. The normalized spacial score (nSPS) is 17.1. The number of rotatable bonds is 4. The molecule has 132 valence electrons. The van der Waals surface area contributed by atoms with E-state index in [1.54, 1.807) is 18.6 Å². The first-order valence-corrected chi connectivity index (χ1v) is 8.63. The standard InChI is InChI=1S/C19H19N5O2/c25-19(16-11-22-26-18(16)14-5-2-1-3-6-14)23-15-7-4-10-24(13-15)17-12-20-8-9-21-17/h1-3,5-6,8-9,11-12,15H,4,7,10,13H2,(H,23,25). The maximum atomic E-state index is 12.8. The molecule has 4 rings (SSSR count). The lowest BCUT2D eigenvalue weighted by Crippen LogP contribution is -2.48. The SMILES string of the molecule is O=C(NC1CCCN(c2cnccn2)C1)c1cnoc1-c1ccccc1. The molecule has 1 amide bonds. The van der Waals surface area contributed by atoms with Crippen LogP contribution in [0.25, 0.3) is 11.3 Å². The van der Waals surface area contributed by atoms with E-state index in [4.69, 9.17) is 4.52 Å². The monoisotopic (exact) mass is 349 g/mol. The summed E-state index contributed by atoms with van der Waals surface area (Å²) >= 11 is 0. The third kappa shape index (κ3) is 3.42. The van der Waals surface area contributed by atoms with Gasteiger partial charge in [0.25, 0.3) is 5.91 Å². The van der Waals surface area contributed by atoms with Gasteiger partial charge in [-0.1, -0.05) is 35.5 Å². The third-order valence-electron chi connectivity index (χ3n) is 4.48. The van der Waals surface area contributed by atoms with Gasteiger partial charge < -0.3 is 14.7 Å². The van der Waals surface area contributed by atoms with Crippen molar-refractivity contribution in [2.45, 2.75) is 18.9 Å². The second-order valence-electron chi connectivity index (χ2n) is 6.26. The number of nitrogens with one attached hydrogen (secondary N) is 1. The van der Waals surface area contributed by atoms with Gasteiger partial charge in [-0.05, 0) is 12.8 Å². The summed E-state index contributed by atoms with van der Waals surface area (Å²) in [5, 5.41) is 6.91. The highest BCUT2D eigenvalue weighted by Gasteiger charge is 2.25. The molecule has 1 unspecified atom stereocenters. The average Bonchev–Trinajstić information content (AvgIpc) is 3.20. The summed E-state index contributed by atoms with van der Waals surface area (Å²) in [6, 6.07) is 9.56. The molecule has 1 saturated heterocycles. The molecule has 0 spiro atoms. The van der Waals surface area contributed by atoms with Crippen LogP contribution in [0, 0.1) is 0 Å². The molecule has 26 heavy (non-hydrogen) atoms. The van der Waals surface area contributed by atoms with E-state index in [-0.39, 0.29) is 11.9 Å². The van der Waals surface area contributed by atoms with Crippen molar-refractivity contribution in [3.05, 3.63) is 60.7 Å². The van der Waals surface area contributed by atoms with Gasteiger partial charge in [0.1, 0.15) is 11.4 Å². The van der Waals surface area contributed by atoms with Gasteiger partial charge in [-0.25, -0.2) is 4.98 Å². The lowest BCUT2D eigenvalue weighted by Gasteiger charge is -2.33. The van der Waals surface area contributed by atoms with Crippen LogP contribution in [0.1, 0.15) is 23.2 Å². The summed E-state index contributed by atoms with van der Waals surface area (Å²) in [6.07, 6.45) is 8.47. The molecule has 1 aliphatic rings. The van der Waals surface area contributed by atoms with E-state index in [0.717, 1.165) is 30.8 Å². The average molecular weight is 349 g/mol. The van der Waals surface area contributed by atoms with Crippen LogP contribution in [0.2, 0.25) is 0 Å². The van der Waals surface area contributed by atoms with Crippen molar-refractivity contribution < 1.29 is 9.32 Å². The van der Waals surface area contributed by atoms with Gasteiger partial charge in [-0.15, -0.1) is 0 Å². The highest BCUT2D eigenvalue weighted by molar-refractivity contribution is 5.99. The molecule has 1 N–H and O–H groups in total. The molecule has 1 aromatic carbocycles. The fraction of sp³-hybridized carbons (Fsp3) is 0.263. The van der Waals surface area contributed by atoms with E-state index in [9.17, 15) is 4.79 Å². The lowest BCUT2D eigenvalue weighted by molar-refractivity contribution is 0.0933. The van der Waals surface area contributed by atoms with Crippen LogP contribution >= 0.6 is 0 Å². The van der Waals surface area contributed by atoms with Crippen LogP contribution in [-0.4, -0.2) is 40.2 Å². The predicted octanol–water partition coefficient (Wildman–Crippen LogP) is 2.53. The van der Waals surface area contributed by atoms with E-state index in [1.165, 1.54) is 6.20 Å². The number of hydrogen-bond donors (Lipinski definition) is 1. The zero-order valence-corrected chi connectivity index (χ0v) is 14.2. The minimum absolute atomic E-state index is 0.0387. The predicted molar refractivity (Wildman–Crippen MR) is 96.7 cm³/mol. The molecular weight excluding hydrogens is 330 g/mol. The Morgan fingerprint density at radius 3 is 2.88 bits per heavy atom. The van der Waals surface area contributed by atoms with Crippen LogP contribution in [0.15, 0.2) is 59.6 Å². The van der Waals surface area contributed by atoms with Crippen LogP contribution < -0.4 is 10.2 Å². The summed E-state index contributed by atoms with van der Waals surface area (Å²) in [4.78, 5) is 23.4. The molecule has 7 nitrogen and oxygen atoms in total. The number of amides is 1. The molecule has 0 radical (unpaired) electrons. The Kier molecular flexibility index (Phi) is 4.59. The molecule has 1 fully saturated rings. The van der Waals surface area contributed by atoms with Crippen molar-refractivity contribution in [2.24, 2.45) is 0 Å². The largest absolute Gasteiger partial charge is 0.355 e. The van der Waals surface area contributed by atoms with Crippen LogP contribution in [0.4, 0.5) is 5.82 Å². The minimum Gasteiger partial charge on any atom is -0.355 e. The molecule has 2 aromatic heterocycles. The zero-order valence-electron chi connectivity index (χ0n) is 14.2. The maximum absolute atomic E-state index is 12.8. The van der Waals surface area contributed by atoms with Crippen molar-refractivity contribution in [2.75, 3.05) is 18.0 Å². The Bertz CT molecular complexity index is 866. The fourth-order valence-corrected chi connectivity index (χ4v) is 3.22. The summed E-state index contributed by atoms with van der Waals surface area (Å²) in [6.45, 7) is 1.62. The Labute approximate surface area is 151 Å². The Hall–Kier alpha value is -3.22. The van der Waals surface area contributed by atoms with Gasteiger partial charge in [0.15, 0.2) is 5.76 Å². The number of carbonyl (C=O) groups excluding carboxylic acids is 1. The van der Waals surface area contributed by atoms with E-state index in [0.29, 0.717) is 17.9 Å². The quantitative estimate of drug-likeness (QED) is 0.779. The summed E-state index contributed by atoms with van der Waals surface area (Å²) in [7, 11) is 0.